The summed E-state index contributed by atoms with van der Waals surface area (Å²) in [6, 6.07) is 3.50. The zero-order chi connectivity index (χ0) is 16.6. The third kappa shape index (κ3) is 4.90. The number of nitroso groups, excluding NO2 is 1. The normalized spacial score (nSPS) is 12.1. The van der Waals surface area contributed by atoms with Crippen molar-refractivity contribution in [3.05, 3.63) is 39.1 Å². The second-order valence-corrected chi connectivity index (χ2v) is 6.31. The van der Waals surface area contributed by atoms with E-state index in [2.05, 4.69) is 15.2 Å². The van der Waals surface area contributed by atoms with Gasteiger partial charge >= 0.3 is 0 Å². The van der Waals surface area contributed by atoms with Gasteiger partial charge in [0.15, 0.2) is 21.3 Å². The van der Waals surface area contributed by atoms with Crippen LogP contribution >= 0.6 is 0 Å². The maximum atomic E-state index is 11.7. The maximum Gasteiger partial charge on any atom is 0.161 e. The number of hydrogen-bond acceptors (Lipinski definition) is 7. The number of ether oxygens (including phenoxy) is 2. The number of methoxy groups -OCH3 is 1. The van der Waals surface area contributed by atoms with E-state index in [9.17, 15) is 13.3 Å². The molecule has 10 heteroatoms. The van der Waals surface area contributed by atoms with Gasteiger partial charge in [-0.05, 0) is 30.2 Å². The highest BCUT2D eigenvalue weighted by Gasteiger charge is 2.22. The first kappa shape index (κ1) is 17.7. The van der Waals surface area contributed by atoms with Gasteiger partial charge in [-0.3, -0.25) is 0 Å². The lowest BCUT2D eigenvalue weighted by atomic mass is 10.1. The first-order chi connectivity index (χ1) is 10.5. The highest BCUT2D eigenvalue weighted by molar-refractivity contribution is 7.91. The highest BCUT2D eigenvalue weighted by atomic mass is 32.2. The molecule has 0 aliphatic heterocycles. The highest BCUT2D eigenvalue weighted by Crippen LogP contribution is 2.32. The van der Waals surface area contributed by atoms with Crippen LogP contribution in [0.25, 0.3) is 10.4 Å². The van der Waals surface area contributed by atoms with Crippen LogP contribution in [-0.4, -0.2) is 33.8 Å². The van der Waals surface area contributed by atoms with E-state index in [-0.39, 0.29) is 0 Å². The number of nitrogens with zero attached hydrogens (tertiary/aromatic N) is 4. The number of rotatable bonds is 9. The molecule has 0 heterocycles. The Morgan fingerprint density at radius 1 is 1.36 bits per heavy atom. The van der Waals surface area contributed by atoms with Gasteiger partial charge < -0.3 is 9.47 Å². The predicted octanol–water partition coefficient (Wildman–Crippen LogP) is 2.58. The molecule has 0 N–H and O–H groups in total. The lowest BCUT2D eigenvalue weighted by Crippen LogP contribution is -2.15. The van der Waals surface area contributed by atoms with Crippen molar-refractivity contribution < 1.29 is 17.9 Å². The van der Waals surface area contributed by atoms with Gasteiger partial charge in [-0.25, -0.2) is 8.42 Å². The van der Waals surface area contributed by atoms with Crippen molar-refractivity contribution in [3.63, 3.8) is 0 Å². The molecule has 0 bridgehead atoms. The van der Waals surface area contributed by atoms with E-state index in [4.69, 9.17) is 15.0 Å². The van der Waals surface area contributed by atoms with Crippen LogP contribution in [-0.2, 0) is 9.84 Å². The molecule has 120 valence electrons. The molecular weight excluding hydrogens is 312 g/mol. The molecule has 1 atom stereocenters. The maximum absolute atomic E-state index is 11.7. The summed E-state index contributed by atoms with van der Waals surface area (Å²) in [5, 5.41) is 5.85. The van der Waals surface area contributed by atoms with E-state index in [0.29, 0.717) is 23.7 Å². The van der Waals surface area contributed by atoms with Crippen molar-refractivity contribution in [2.75, 3.05) is 25.3 Å². The van der Waals surface area contributed by atoms with Gasteiger partial charge in [0, 0.05) is 4.91 Å². The summed E-state index contributed by atoms with van der Waals surface area (Å²) in [4.78, 5) is 13.4. The zero-order valence-electron chi connectivity index (χ0n) is 12.2. The van der Waals surface area contributed by atoms with Gasteiger partial charge in [0.05, 0.1) is 19.5 Å². The van der Waals surface area contributed by atoms with Gasteiger partial charge in [0.25, 0.3) is 0 Å². The van der Waals surface area contributed by atoms with E-state index in [1.54, 1.807) is 13.0 Å². The Morgan fingerprint density at radius 3 is 2.64 bits per heavy atom. The Morgan fingerprint density at radius 2 is 2.09 bits per heavy atom. The van der Waals surface area contributed by atoms with E-state index in [0.717, 1.165) is 0 Å². The van der Waals surface area contributed by atoms with Gasteiger partial charge in [0.2, 0.25) is 0 Å². The van der Waals surface area contributed by atoms with Crippen molar-refractivity contribution in [3.8, 4) is 11.5 Å². The molecule has 0 aliphatic rings. The smallest absolute Gasteiger partial charge is 0.161 e. The average molecular weight is 328 g/mol. The molecule has 0 saturated carbocycles. The van der Waals surface area contributed by atoms with E-state index in [1.807, 2.05) is 0 Å². The quantitative estimate of drug-likeness (QED) is 0.297. The molecule has 0 spiro atoms. The minimum absolute atomic E-state index is 0.378. The molecule has 9 nitrogen and oxygen atoms in total. The van der Waals surface area contributed by atoms with Crippen LogP contribution < -0.4 is 9.47 Å². The molecule has 0 saturated heterocycles. The Kier molecular flexibility index (Phi) is 6.61. The first-order valence-electron chi connectivity index (χ1n) is 6.31. The van der Waals surface area contributed by atoms with Crippen molar-refractivity contribution in [2.45, 2.75) is 13.0 Å². The third-order valence-electron chi connectivity index (χ3n) is 2.73. The molecule has 1 unspecified atom stereocenters. The van der Waals surface area contributed by atoms with Crippen molar-refractivity contribution >= 4 is 9.84 Å². The van der Waals surface area contributed by atoms with Crippen LogP contribution in [0.15, 0.2) is 28.5 Å². The predicted molar refractivity (Wildman–Crippen MR) is 80.5 cm³/mol. The zero-order valence-corrected chi connectivity index (χ0v) is 13.0. The fraction of sp³-hybridized carbons (Fsp3) is 0.500. The molecule has 0 fully saturated rings. The van der Waals surface area contributed by atoms with Crippen LogP contribution in [0.1, 0.15) is 18.5 Å². The monoisotopic (exact) mass is 328 g/mol. The topological polar surface area (TPSA) is 131 Å². The molecule has 0 aliphatic carbocycles. The van der Waals surface area contributed by atoms with E-state index >= 15 is 0 Å². The van der Waals surface area contributed by atoms with Gasteiger partial charge in [-0.2, -0.15) is 4.91 Å². The Labute approximate surface area is 127 Å². The minimum atomic E-state index is -3.73. The van der Waals surface area contributed by atoms with Gasteiger partial charge in [-0.15, -0.1) is 0 Å². The van der Waals surface area contributed by atoms with Gasteiger partial charge in [-0.1, -0.05) is 16.4 Å². The van der Waals surface area contributed by atoms with Crippen LogP contribution in [0.2, 0.25) is 0 Å². The summed E-state index contributed by atoms with van der Waals surface area (Å²) in [5.41, 5.74) is 8.55. The lowest BCUT2D eigenvalue weighted by Gasteiger charge is -2.14. The Hall–Kier alpha value is -2.32. The summed E-state index contributed by atoms with van der Waals surface area (Å²) < 4.78 is 34.0. The van der Waals surface area contributed by atoms with Crippen LogP contribution in [0.3, 0.4) is 0 Å². The van der Waals surface area contributed by atoms with Crippen LogP contribution in [0.4, 0.5) is 0 Å². The molecule has 22 heavy (non-hydrogen) atoms. The van der Waals surface area contributed by atoms with Crippen LogP contribution in [0, 0.1) is 4.91 Å². The summed E-state index contributed by atoms with van der Waals surface area (Å²) in [6.07, 6.45) is 0. The number of hydrogen-bond donors (Lipinski definition) is 0. The first-order valence-corrected chi connectivity index (χ1v) is 8.14. The summed E-state index contributed by atoms with van der Waals surface area (Å²) in [5.74, 6) is -0.409. The van der Waals surface area contributed by atoms with E-state index < -0.39 is 27.5 Å². The fourth-order valence-electron chi connectivity index (χ4n) is 1.76. The molecule has 0 amide bonds. The summed E-state index contributed by atoms with van der Waals surface area (Å²) in [7, 11) is -2.26. The van der Waals surface area contributed by atoms with Crippen molar-refractivity contribution in [2.24, 2.45) is 10.3 Å². The average Bonchev–Trinajstić information content (AvgIpc) is 2.51. The second-order valence-electron chi connectivity index (χ2n) is 4.23. The standard InChI is InChI=1S/C12H16N4O5S/c1-3-21-12-6-9(4-5-11(12)20-2)10(15-17)7-22(18,19)8-14-16-13/h4-6,10H,3,7-8H2,1-2H3. The Bertz CT molecular complexity index is 670. The molecule has 1 aromatic carbocycles. The fourth-order valence-corrected chi connectivity index (χ4v) is 2.83. The molecular formula is C12H16N4O5S. The number of sulfone groups is 1. The summed E-state index contributed by atoms with van der Waals surface area (Å²) in [6.45, 7) is 2.17. The number of benzene rings is 1. The van der Waals surface area contributed by atoms with Crippen molar-refractivity contribution in [1.82, 2.24) is 0 Å². The largest absolute Gasteiger partial charge is 0.493 e. The van der Waals surface area contributed by atoms with Crippen LogP contribution in [0.5, 0.6) is 11.5 Å². The van der Waals surface area contributed by atoms with Crippen molar-refractivity contribution in [1.29, 1.82) is 0 Å². The molecule has 1 rings (SSSR count). The van der Waals surface area contributed by atoms with E-state index in [1.165, 1.54) is 19.2 Å². The lowest BCUT2D eigenvalue weighted by molar-refractivity contribution is 0.310. The SMILES string of the molecule is CCOc1cc(C(CS(=O)(=O)CN=[N+]=[N-])N=O)ccc1OC. The third-order valence-corrected chi connectivity index (χ3v) is 4.06. The Balaban J connectivity index is 3.07. The number of azide groups is 1. The molecule has 0 aromatic heterocycles. The molecule has 1 aromatic rings. The summed E-state index contributed by atoms with van der Waals surface area (Å²) >= 11 is 0. The minimum Gasteiger partial charge on any atom is -0.493 e. The second kappa shape index (κ2) is 8.20. The van der Waals surface area contributed by atoms with Gasteiger partial charge in [0.1, 0.15) is 11.9 Å². The molecule has 0 radical (unpaired) electrons.